The number of nitrogens with one attached hydrogen (secondary N) is 2. The number of amides is 1. The molecule has 0 bridgehead atoms. The fourth-order valence-electron chi connectivity index (χ4n) is 2.72. The molecule has 3 N–H and O–H groups in total. The summed E-state index contributed by atoms with van der Waals surface area (Å²) in [5.41, 5.74) is 2.58. The number of hydrogen-bond donors (Lipinski definition) is 3. The second kappa shape index (κ2) is 6.36. The minimum atomic E-state index is -0.0213. The number of hydrogen-bond acceptors (Lipinski definition) is 3. The highest BCUT2D eigenvalue weighted by atomic mass is 35.5. The standard InChI is InChI=1S/C15H16Cl2N2O3/c16-9-7-11(22-5-1-4-20)13-8-6-12(21)18-3-2-10(8)19-15(13)14(9)17/h7,19-20H,1-6H2,(H,18,21). The summed E-state index contributed by atoms with van der Waals surface area (Å²) in [6.45, 7) is 1.01. The minimum Gasteiger partial charge on any atom is -0.493 e. The highest BCUT2D eigenvalue weighted by Crippen LogP contribution is 2.41. The van der Waals surface area contributed by atoms with Gasteiger partial charge in [0.15, 0.2) is 0 Å². The van der Waals surface area contributed by atoms with Crippen molar-refractivity contribution in [1.29, 1.82) is 0 Å². The van der Waals surface area contributed by atoms with Gasteiger partial charge in [-0.2, -0.15) is 0 Å². The number of aromatic nitrogens is 1. The summed E-state index contributed by atoms with van der Waals surface area (Å²) >= 11 is 12.5. The lowest BCUT2D eigenvalue weighted by atomic mass is 10.1. The highest BCUT2D eigenvalue weighted by molar-refractivity contribution is 6.45. The number of halogens is 2. The molecule has 1 aromatic carbocycles. The van der Waals surface area contributed by atoms with E-state index in [2.05, 4.69) is 10.3 Å². The molecule has 22 heavy (non-hydrogen) atoms. The molecule has 2 heterocycles. The van der Waals surface area contributed by atoms with E-state index in [-0.39, 0.29) is 18.9 Å². The Labute approximate surface area is 137 Å². The topological polar surface area (TPSA) is 74.4 Å². The zero-order valence-electron chi connectivity index (χ0n) is 11.8. The number of carbonyl (C=O) groups excluding carboxylic acids is 1. The summed E-state index contributed by atoms with van der Waals surface area (Å²) in [6, 6.07) is 1.67. The Bertz CT molecular complexity index is 727. The second-order valence-electron chi connectivity index (χ2n) is 5.20. The SMILES string of the molecule is O=C1Cc2c([nH]c3c(Cl)c(Cl)cc(OCCCO)c23)CCN1. The van der Waals surface area contributed by atoms with E-state index in [1.54, 1.807) is 6.07 Å². The van der Waals surface area contributed by atoms with E-state index >= 15 is 0 Å². The smallest absolute Gasteiger partial charge is 0.224 e. The second-order valence-corrected chi connectivity index (χ2v) is 5.99. The molecule has 118 valence electrons. The van der Waals surface area contributed by atoms with Crippen molar-refractivity contribution < 1.29 is 14.6 Å². The molecule has 5 nitrogen and oxygen atoms in total. The van der Waals surface area contributed by atoms with Crippen molar-refractivity contribution in [2.24, 2.45) is 0 Å². The molecular formula is C15H16Cl2N2O3. The van der Waals surface area contributed by atoms with E-state index in [1.807, 2.05) is 0 Å². The Morgan fingerprint density at radius 2 is 2.18 bits per heavy atom. The summed E-state index contributed by atoms with van der Waals surface area (Å²) < 4.78 is 5.74. The van der Waals surface area contributed by atoms with Crippen LogP contribution in [0.1, 0.15) is 17.7 Å². The van der Waals surface area contributed by atoms with Gasteiger partial charge in [0.1, 0.15) is 5.75 Å². The van der Waals surface area contributed by atoms with Gasteiger partial charge in [0.05, 0.1) is 28.6 Å². The molecule has 0 fully saturated rings. The zero-order valence-corrected chi connectivity index (χ0v) is 13.4. The van der Waals surface area contributed by atoms with Gasteiger partial charge in [-0.3, -0.25) is 4.79 Å². The van der Waals surface area contributed by atoms with Gasteiger partial charge in [-0.1, -0.05) is 23.2 Å². The first-order chi connectivity index (χ1) is 10.6. The van der Waals surface area contributed by atoms with E-state index < -0.39 is 0 Å². The van der Waals surface area contributed by atoms with Crippen molar-refractivity contribution in [2.45, 2.75) is 19.3 Å². The maximum absolute atomic E-state index is 11.9. The largest absolute Gasteiger partial charge is 0.493 e. The zero-order chi connectivity index (χ0) is 15.7. The van der Waals surface area contributed by atoms with Crippen LogP contribution in [0.5, 0.6) is 5.75 Å². The van der Waals surface area contributed by atoms with Crippen molar-refractivity contribution >= 4 is 40.0 Å². The Morgan fingerprint density at radius 3 is 2.95 bits per heavy atom. The van der Waals surface area contributed by atoms with E-state index in [4.69, 9.17) is 33.0 Å². The lowest BCUT2D eigenvalue weighted by Crippen LogP contribution is -2.24. The molecule has 0 radical (unpaired) electrons. The van der Waals surface area contributed by atoms with Gasteiger partial charge in [0.25, 0.3) is 0 Å². The molecule has 2 aromatic rings. The molecular weight excluding hydrogens is 327 g/mol. The normalized spacial score (nSPS) is 14.6. The number of H-pyrrole nitrogens is 1. The number of benzene rings is 1. The number of aliphatic hydroxyl groups is 1. The monoisotopic (exact) mass is 342 g/mol. The van der Waals surface area contributed by atoms with Gasteiger partial charge in [0.2, 0.25) is 5.91 Å². The average molecular weight is 343 g/mol. The Balaban J connectivity index is 2.15. The molecule has 0 atom stereocenters. The van der Waals surface area contributed by atoms with Crippen molar-refractivity contribution in [3.05, 3.63) is 27.4 Å². The lowest BCUT2D eigenvalue weighted by molar-refractivity contribution is -0.120. The number of aromatic amines is 1. The first-order valence-electron chi connectivity index (χ1n) is 7.13. The molecule has 1 aliphatic heterocycles. The average Bonchev–Trinajstić information content (AvgIpc) is 2.73. The van der Waals surface area contributed by atoms with Gasteiger partial charge < -0.3 is 20.1 Å². The predicted octanol–water partition coefficient (Wildman–Crippen LogP) is 2.45. The van der Waals surface area contributed by atoms with Crippen LogP contribution in [0.2, 0.25) is 10.0 Å². The van der Waals surface area contributed by atoms with Crippen molar-refractivity contribution in [3.8, 4) is 5.75 Å². The number of ether oxygens (including phenoxy) is 1. The third-order valence-corrected chi connectivity index (χ3v) is 4.51. The third kappa shape index (κ3) is 2.76. The molecule has 1 aromatic heterocycles. The lowest BCUT2D eigenvalue weighted by Gasteiger charge is -2.10. The highest BCUT2D eigenvalue weighted by Gasteiger charge is 2.23. The van der Waals surface area contributed by atoms with E-state index in [1.165, 1.54) is 0 Å². The van der Waals surface area contributed by atoms with Crippen molar-refractivity contribution in [3.63, 3.8) is 0 Å². The summed E-state index contributed by atoms with van der Waals surface area (Å²) in [5, 5.41) is 13.4. The molecule has 1 aliphatic rings. The van der Waals surface area contributed by atoms with Gasteiger partial charge in [-0.25, -0.2) is 0 Å². The number of fused-ring (bicyclic) bond motifs is 3. The molecule has 7 heteroatoms. The van der Waals surface area contributed by atoms with Crippen LogP contribution in [0.15, 0.2) is 6.07 Å². The number of rotatable bonds is 4. The Hall–Kier alpha value is -1.43. The fraction of sp³-hybridized carbons (Fsp3) is 0.400. The van der Waals surface area contributed by atoms with Crippen LogP contribution in [0.3, 0.4) is 0 Å². The first-order valence-corrected chi connectivity index (χ1v) is 7.89. The third-order valence-electron chi connectivity index (χ3n) is 3.72. The van der Waals surface area contributed by atoms with E-state index in [0.717, 1.165) is 16.6 Å². The summed E-state index contributed by atoms with van der Waals surface area (Å²) in [4.78, 5) is 15.1. The van der Waals surface area contributed by atoms with Gasteiger partial charge in [0, 0.05) is 43.1 Å². The van der Waals surface area contributed by atoms with Crippen molar-refractivity contribution in [1.82, 2.24) is 10.3 Å². The van der Waals surface area contributed by atoms with Crippen LogP contribution >= 0.6 is 23.2 Å². The van der Waals surface area contributed by atoms with Crippen LogP contribution in [0, 0.1) is 0 Å². The van der Waals surface area contributed by atoms with Crippen LogP contribution in [-0.2, 0) is 17.6 Å². The molecule has 1 amide bonds. The van der Waals surface area contributed by atoms with Crippen LogP contribution in [0.4, 0.5) is 0 Å². The number of carbonyl (C=O) groups is 1. The minimum absolute atomic E-state index is 0.0213. The molecule has 3 rings (SSSR count). The van der Waals surface area contributed by atoms with E-state index in [9.17, 15) is 4.79 Å². The molecule has 0 aliphatic carbocycles. The maximum Gasteiger partial charge on any atom is 0.224 e. The number of aliphatic hydroxyl groups excluding tert-OH is 1. The Kier molecular flexibility index (Phi) is 4.47. The van der Waals surface area contributed by atoms with Gasteiger partial charge in [-0.15, -0.1) is 0 Å². The van der Waals surface area contributed by atoms with Crippen LogP contribution in [-0.4, -0.2) is 35.8 Å². The van der Waals surface area contributed by atoms with Gasteiger partial charge in [-0.05, 0) is 5.56 Å². The summed E-state index contributed by atoms with van der Waals surface area (Å²) in [7, 11) is 0. The van der Waals surface area contributed by atoms with Crippen LogP contribution < -0.4 is 10.1 Å². The fourth-order valence-corrected chi connectivity index (χ4v) is 3.11. The Morgan fingerprint density at radius 1 is 1.36 bits per heavy atom. The molecule has 0 saturated heterocycles. The quantitative estimate of drug-likeness (QED) is 0.747. The van der Waals surface area contributed by atoms with Crippen LogP contribution in [0.25, 0.3) is 10.9 Å². The summed E-state index contributed by atoms with van der Waals surface area (Å²) in [5.74, 6) is 0.567. The van der Waals surface area contributed by atoms with Crippen molar-refractivity contribution in [2.75, 3.05) is 19.8 Å². The molecule has 0 saturated carbocycles. The molecule has 0 spiro atoms. The molecule has 0 unspecified atom stereocenters. The first kappa shape index (κ1) is 15.5. The van der Waals surface area contributed by atoms with Gasteiger partial charge >= 0.3 is 0 Å². The summed E-state index contributed by atoms with van der Waals surface area (Å²) in [6.07, 6.45) is 1.51. The van der Waals surface area contributed by atoms with E-state index in [0.29, 0.717) is 47.3 Å². The predicted molar refractivity (Wildman–Crippen MR) is 85.9 cm³/mol. The maximum atomic E-state index is 11.9.